The van der Waals surface area contributed by atoms with E-state index in [0.29, 0.717) is 44.5 Å². The number of methoxy groups -OCH3 is 1. The van der Waals surface area contributed by atoms with Gasteiger partial charge in [0.1, 0.15) is 0 Å². The van der Waals surface area contributed by atoms with Crippen molar-refractivity contribution in [2.75, 3.05) is 46.4 Å². The Labute approximate surface area is 189 Å². The summed E-state index contributed by atoms with van der Waals surface area (Å²) in [4.78, 5) is 36.2. The number of piperidine rings is 1. The second-order valence-electron chi connectivity index (χ2n) is 8.86. The molecule has 0 aliphatic carbocycles. The van der Waals surface area contributed by atoms with Gasteiger partial charge in [0.25, 0.3) is 0 Å². The molecule has 8 nitrogen and oxygen atoms in total. The molecular weight excluding hydrogens is 406 g/mol. The van der Waals surface area contributed by atoms with Gasteiger partial charge in [-0.1, -0.05) is 30.3 Å². The molecule has 3 fully saturated rings. The molecule has 3 saturated heterocycles. The molecule has 3 atom stereocenters. The summed E-state index contributed by atoms with van der Waals surface area (Å²) in [6.45, 7) is 4.05. The number of rotatable bonds is 3. The van der Waals surface area contributed by atoms with Crippen LogP contribution in [-0.4, -0.2) is 78.9 Å². The summed E-state index contributed by atoms with van der Waals surface area (Å²) in [5.74, 6) is -0.349. The molecule has 0 radical (unpaired) electrons. The van der Waals surface area contributed by atoms with Crippen LogP contribution in [-0.2, 0) is 14.3 Å². The van der Waals surface area contributed by atoms with E-state index < -0.39 is 11.8 Å². The third kappa shape index (κ3) is 4.57. The number of likely N-dealkylation sites (tertiary alicyclic amines) is 3. The van der Waals surface area contributed by atoms with Crippen molar-refractivity contribution >= 4 is 17.8 Å². The molecule has 0 saturated carbocycles. The second kappa shape index (κ2) is 10.0. The Kier molecular flexibility index (Phi) is 6.93. The van der Waals surface area contributed by atoms with Gasteiger partial charge in [-0.15, -0.1) is 4.99 Å². The van der Waals surface area contributed by atoms with Crippen molar-refractivity contribution in [1.82, 2.24) is 14.7 Å². The van der Waals surface area contributed by atoms with E-state index in [1.807, 2.05) is 34.2 Å². The summed E-state index contributed by atoms with van der Waals surface area (Å²) in [6.07, 6.45) is 5.53. The quantitative estimate of drug-likeness (QED) is 0.311. The van der Waals surface area contributed by atoms with Crippen LogP contribution in [0.5, 0.6) is 0 Å². The van der Waals surface area contributed by atoms with Gasteiger partial charge in [-0.2, -0.15) is 5.26 Å². The van der Waals surface area contributed by atoms with Gasteiger partial charge in [-0.25, -0.2) is 0 Å². The van der Waals surface area contributed by atoms with Crippen LogP contribution in [0.2, 0.25) is 0 Å². The minimum atomic E-state index is -0.566. The number of nitrogens with zero attached hydrogens (tertiary/aromatic N) is 5. The number of aliphatic imine (C=N–C) groups is 1. The lowest BCUT2D eigenvalue weighted by Crippen LogP contribution is -2.54. The number of esters is 1. The fraction of sp³-hybridized carbons (Fsp3) is 0.583. The first-order valence-electron chi connectivity index (χ1n) is 11.5. The Hall–Kier alpha value is -3.08. The number of amides is 1. The van der Waals surface area contributed by atoms with E-state index in [0.717, 1.165) is 32.4 Å². The predicted octanol–water partition coefficient (Wildman–Crippen LogP) is 2.05. The molecule has 1 aromatic rings. The van der Waals surface area contributed by atoms with Gasteiger partial charge < -0.3 is 19.4 Å². The second-order valence-corrected chi connectivity index (χ2v) is 8.86. The molecule has 1 amide bonds. The van der Waals surface area contributed by atoms with Gasteiger partial charge in [0.05, 0.1) is 18.9 Å². The van der Waals surface area contributed by atoms with Crippen LogP contribution in [0.3, 0.4) is 0 Å². The Morgan fingerprint density at radius 3 is 2.38 bits per heavy atom. The lowest BCUT2D eigenvalue weighted by Gasteiger charge is -2.40. The van der Waals surface area contributed by atoms with E-state index >= 15 is 0 Å². The molecule has 2 unspecified atom stereocenters. The molecule has 4 rings (SSSR count). The Bertz CT molecular complexity index is 891. The van der Waals surface area contributed by atoms with Gasteiger partial charge in [0, 0.05) is 45.2 Å². The third-order valence-electron chi connectivity index (χ3n) is 7.03. The number of carbonyl (C=O) groups is 2. The molecule has 0 spiro atoms. The number of guanidine groups is 1. The average Bonchev–Trinajstić information content (AvgIpc) is 3.54. The fourth-order valence-corrected chi connectivity index (χ4v) is 5.31. The van der Waals surface area contributed by atoms with Crippen LogP contribution in [0.25, 0.3) is 0 Å². The standard InChI is InChI=1S/C24H31N5O3/c1-32-23(31)21-16-29(24(26-17-25)27-11-5-6-12-27)14-10-20(21)22(30)28-13-9-19(15-28)18-7-3-2-4-8-18/h2-4,7-8,19-21H,5-6,9-16H2,1H3/t19-,20?,21?/m0/s1. The highest BCUT2D eigenvalue weighted by Crippen LogP contribution is 2.32. The summed E-state index contributed by atoms with van der Waals surface area (Å²) in [5.41, 5.74) is 1.25. The van der Waals surface area contributed by atoms with Crippen LogP contribution >= 0.6 is 0 Å². The van der Waals surface area contributed by atoms with Crippen molar-refractivity contribution in [2.24, 2.45) is 16.8 Å². The molecule has 3 aliphatic rings. The van der Waals surface area contributed by atoms with Gasteiger partial charge in [0.15, 0.2) is 0 Å². The van der Waals surface area contributed by atoms with Crippen molar-refractivity contribution in [2.45, 2.75) is 31.6 Å². The van der Waals surface area contributed by atoms with Crippen LogP contribution in [0, 0.1) is 23.3 Å². The monoisotopic (exact) mass is 437 g/mol. The normalized spacial score (nSPS) is 26.2. The average molecular weight is 438 g/mol. The van der Waals surface area contributed by atoms with Crippen LogP contribution < -0.4 is 0 Å². The zero-order valence-electron chi connectivity index (χ0n) is 18.7. The summed E-state index contributed by atoms with van der Waals surface area (Å²) in [6, 6.07) is 10.3. The molecule has 32 heavy (non-hydrogen) atoms. The highest BCUT2D eigenvalue weighted by Gasteiger charge is 2.43. The summed E-state index contributed by atoms with van der Waals surface area (Å²) in [5, 5.41) is 9.21. The predicted molar refractivity (Wildman–Crippen MR) is 119 cm³/mol. The summed E-state index contributed by atoms with van der Waals surface area (Å²) in [7, 11) is 1.37. The van der Waals surface area contributed by atoms with E-state index in [4.69, 9.17) is 4.74 Å². The first kappa shape index (κ1) is 22.1. The lowest BCUT2D eigenvalue weighted by atomic mass is 9.84. The molecule has 170 valence electrons. The SMILES string of the molecule is COC(=O)C1CN(C(=NC#N)N2CCCC2)CCC1C(=O)N1CC[C@H](c2ccccc2)C1. The van der Waals surface area contributed by atoms with Gasteiger partial charge >= 0.3 is 5.97 Å². The highest BCUT2D eigenvalue weighted by atomic mass is 16.5. The Balaban J connectivity index is 1.47. The van der Waals surface area contributed by atoms with Gasteiger partial charge in [-0.3, -0.25) is 9.59 Å². The van der Waals surface area contributed by atoms with Gasteiger partial charge in [-0.05, 0) is 31.2 Å². The topological polar surface area (TPSA) is 89.2 Å². The summed E-state index contributed by atoms with van der Waals surface area (Å²) < 4.78 is 5.08. The van der Waals surface area contributed by atoms with E-state index in [2.05, 4.69) is 22.0 Å². The van der Waals surface area contributed by atoms with Crippen LogP contribution in [0.15, 0.2) is 35.3 Å². The molecule has 3 aliphatic heterocycles. The van der Waals surface area contributed by atoms with Crippen molar-refractivity contribution in [3.8, 4) is 6.19 Å². The molecule has 0 aromatic heterocycles. The Morgan fingerprint density at radius 1 is 0.969 bits per heavy atom. The van der Waals surface area contributed by atoms with Crippen molar-refractivity contribution < 1.29 is 14.3 Å². The lowest BCUT2D eigenvalue weighted by molar-refractivity contribution is -0.155. The molecule has 3 heterocycles. The minimum absolute atomic E-state index is 0.0402. The maximum absolute atomic E-state index is 13.5. The maximum Gasteiger partial charge on any atom is 0.311 e. The first-order chi connectivity index (χ1) is 15.6. The smallest absolute Gasteiger partial charge is 0.311 e. The molecule has 0 bridgehead atoms. The Morgan fingerprint density at radius 2 is 1.69 bits per heavy atom. The molecule has 8 heteroatoms. The van der Waals surface area contributed by atoms with E-state index in [1.54, 1.807) is 0 Å². The summed E-state index contributed by atoms with van der Waals surface area (Å²) >= 11 is 0. The van der Waals surface area contributed by atoms with E-state index in [-0.39, 0.29) is 11.9 Å². The maximum atomic E-state index is 13.5. The van der Waals surface area contributed by atoms with Crippen LogP contribution in [0.4, 0.5) is 0 Å². The number of carbonyl (C=O) groups excluding carboxylic acids is 2. The van der Waals surface area contributed by atoms with Crippen molar-refractivity contribution in [1.29, 1.82) is 5.26 Å². The number of nitriles is 1. The van der Waals surface area contributed by atoms with E-state index in [9.17, 15) is 14.9 Å². The number of hydrogen-bond acceptors (Lipinski definition) is 5. The minimum Gasteiger partial charge on any atom is -0.469 e. The number of hydrogen-bond donors (Lipinski definition) is 0. The van der Waals surface area contributed by atoms with E-state index in [1.165, 1.54) is 12.7 Å². The molecule has 1 aromatic carbocycles. The largest absolute Gasteiger partial charge is 0.469 e. The zero-order valence-corrected chi connectivity index (χ0v) is 18.7. The third-order valence-corrected chi connectivity index (χ3v) is 7.03. The fourth-order valence-electron chi connectivity index (χ4n) is 5.31. The van der Waals surface area contributed by atoms with Gasteiger partial charge in [0.2, 0.25) is 18.1 Å². The van der Waals surface area contributed by atoms with Crippen LogP contribution in [0.1, 0.15) is 37.2 Å². The highest BCUT2D eigenvalue weighted by molar-refractivity contribution is 5.88. The molecular formula is C24H31N5O3. The molecule has 0 N–H and O–H groups in total. The van der Waals surface area contributed by atoms with Crippen molar-refractivity contribution in [3.63, 3.8) is 0 Å². The number of ether oxygens (including phenoxy) is 1. The first-order valence-corrected chi connectivity index (χ1v) is 11.5. The zero-order chi connectivity index (χ0) is 22.5. The number of benzene rings is 1. The van der Waals surface area contributed by atoms with Crippen molar-refractivity contribution in [3.05, 3.63) is 35.9 Å².